The molecule has 2 rings (SSSR count). The van der Waals surface area contributed by atoms with Gasteiger partial charge in [0.2, 0.25) is 5.91 Å². The molecule has 0 aromatic heterocycles. The van der Waals surface area contributed by atoms with E-state index in [-0.39, 0.29) is 24.7 Å². The number of amides is 1. The topological polar surface area (TPSA) is 49.4 Å². The van der Waals surface area contributed by atoms with Gasteiger partial charge < -0.3 is 5.32 Å². The highest BCUT2D eigenvalue weighted by molar-refractivity contribution is 6.02. The van der Waals surface area contributed by atoms with Crippen molar-refractivity contribution in [3.05, 3.63) is 36.0 Å². The Hall–Kier alpha value is -2.54. The summed E-state index contributed by atoms with van der Waals surface area (Å²) in [7, 11) is 0. The summed E-state index contributed by atoms with van der Waals surface area (Å²) in [6.45, 7) is 1.67. The minimum atomic E-state index is -0.122. The third kappa shape index (κ3) is 2.83. The molecule has 1 amide bonds. The van der Waals surface area contributed by atoms with Crippen LogP contribution in [0.15, 0.2) is 36.0 Å². The SMILES string of the molecule is C#CCN1C(=O)C/C(=C/C(C)=O)Nc2ccccc21. The lowest BCUT2D eigenvalue weighted by Crippen LogP contribution is -2.30. The number of fused-ring (bicyclic) bond motifs is 1. The van der Waals surface area contributed by atoms with Crippen LogP contribution in [-0.4, -0.2) is 18.2 Å². The Kier molecular flexibility index (Phi) is 3.67. The van der Waals surface area contributed by atoms with Crippen molar-refractivity contribution in [2.75, 3.05) is 16.8 Å². The van der Waals surface area contributed by atoms with Crippen molar-refractivity contribution in [2.24, 2.45) is 0 Å². The van der Waals surface area contributed by atoms with E-state index in [1.807, 2.05) is 24.3 Å². The number of hydrogen-bond donors (Lipinski definition) is 1. The molecular formula is C15H14N2O2. The van der Waals surface area contributed by atoms with Gasteiger partial charge in [-0.3, -0.25) is 14.5 Å². The number of carbonyl (C=O) groups excluding carboxylic acids is 2. The van der Waals surface area contributed by atoms with Gasteiger partial charge in [-0.15, -0.1) is 6.42 Å². The first kappa shape index (κ1) is 12.9. The van der Waals surface area contributed by atoms with Crippen LogP contribution < -0.4 is 10.2 Å². The molecule has 1 aliphatic heterocycles. The zero-order valence-corrected chi connectivity index (χ0v) is 10.6. The van der Waals surface area contributed by atoms with Crippen LogP contribution in [0.4, 0.5) is 11.4 Å². The molecule has 0 spiro atoms. The number of anilines is 2. The molecule has 1 aromatic rings. The van der Waals surface area contributed by atoms with E-state index in [0.717, 1.165) is 11.4 Å². The van der Waals surface area contributed by atoms with Crippen molar-refractivity contribution in [2.45, 2.75) is 13.3 Å². The molecular weight excluding hydrogens is 240 g/mol. The number of rotatable bonds is 2. The summed E-state index contributed by atoms with van der Waals surface area (Å²) in [5.74, 6) is 2.26. The minimum absolute atomic E-state index is 0.0989. The summed E-state index contributed by atoms with van der Waals surface area (Å²) < 4.78 is 0. The number of benzene rings is 1. The van der Waals surface area contributed by atoms with Crippen LogP contribution in [0, 0.1) is 12.3 Å². The van der Waals surface area contributed by atoms with Gasteiger partial charge in [0.25, 0.3) is 0 Å². The fourth-order valence-electron chi connectivity index (χ4n) is 2.02. The van der Waals surface area contributed by atoms with E-state index in [9.17, 15) is 9.59 Å². The predicted molar refractivity (Wildman–Crippen MR) is 74.6 cm³/mol. The van der Waals surface area contributed by atoms with Crippen LogP contribution in [0.3, 0.4) is 0 Å². The highest BCUT2D eigenvalue weighted by Crippen LogP contribution is 2.31. The third-order valence-corrected chi connectivity index (χ3v) is 2.76. The highest BCUT2D eigenvalue weighted by Gasteiger charge is 2.23. The maximum Gasteiger partial charge on any atom is 0.233 e. The zero-order valence-electron chi connectivity index (χ0n) is 10.6. The number of para-hydroxylation sites is 2. The molecule has 0 bridgehead atoms. The monoisotopic (exact) mass is 254 g/mol. The normalized spacial score (nSPS) is 16.3. The molecule has 1 aromatic carbocycles. The Morgan fingerprint density at radius 2 is 2.26 bits per heavy atom. The lowest BCUT2D eigenvalue weighted by Gasteiger charge is -2.19. The van der Waals surface area contributed by atoms with Crippen LogP contribution in [0.1, 0.15) is 13.3 Å². The lowest BCUT2D eigenvalue weighted by atomic mass is 10.2. The first-order chi connectivity index (χ1) is 9.11. The van der Waals surface area contributed by atoms with Crippen molar-refractivity contribution < 1.29 is 9.59 Å². The Morgan fingerprint density at radius 3 is 2.95 bits per heavy atom. The smallest absolute Gasteiger partial charge is 0.233 e. The Morgan fingerprint density at radius 1 is 1.53 bits per heavy atom. The number of ketones is 1. The first-order valence-electron chi connectivity index (χ1n) is 5.93. The molecule has 0 saturated carbocycles. The molecule has 1 aliphatic rings. The molecule has 19 heavy (non-hydrogen) atoms. The van der Waals surface area contributed by atoms with Crippen LogP contribution in [-0.2, 0) is 9.59 Å². The molecule has 1 heterocycles. The largest absolute Gasteiger partial charge is 0.357 e. The summed E-state index contributed by atoms with van der Waals surface area (Å²) in [4.78, 5) is 24.9. The van der Waals surface area contributed by atoms with E-state index >= 15 is 0 Å². The predicted octanol–water partition coefficient (Wildman–Crippen LogP) is 1.94. The molecule has 1 N–H and O–H groups in total. The Labute approximate surface area is 112 Å². The summed E-state index contributed by atoms with van der Waals surface area (Å²) in [6, 6.07) is 7.39. The van der Waals surface area contributed by atoms with Crippen LogP contribution in [0.5, 0.6) is 0 Å². The molecule has 4 nitrogen and oxygen atoms in total. The van der Waals surface area contributed by atoms with Crippen molar-refractivity contribution in [1.82, 2.24) is 0 Å². The van der Waals surface area contributed by atoms with Crippen molar-refractivity contribution in [3.8, 4) is 12.3 Å². The zero-order chi connectivity index (χ0) is 13.8. The number of carbonyl (C=O) groups is 2. The summed E-state index contributed by atoms with van der Waals surface area (Å²) >= 11 is 0. The first-order valence-corrected chi connectivity index (χ1v) is 5.93. The van der Waals surface area contributed by atoms with E-state index in [1.165, 1.54) is 13.0 Å². The molecule has 96 valence electrons. The van der Waals surface area contributed by atoms with E-state index in [0.29, 0.717) is 5.70 Å². The van der Waals surface area contributed by atoms with Gasteiger partial charge in [0.05, 0.1) is 24.3 Å². The summed E-state index contributed by atoms with van der Waals surface area (Å²) in [6.07, 6.45) is 6.89. The quantitative estimate of drug-likeness (QED) is 0.648. The average Bonchev–Trinajstić information content (AvgIpc) is 2.47. The van der Waals surface area contributed by atoms with Gasteiger partial charge >= 0.3 is 0 Å². The second-order valence-electron chi connectivity index (χ2n) is 4.28. The molecule has 0 fully saturated rings. The van der Waals surface area contributed by atoms with Crippen molar-refractivity contribution >= 4 is 23.1 Å². The van der Waals surface area contributed by atoms with Gasteiger partial charge in [0, 0.05) is 11.8 Å². The molecule has 0 unspecified atom stereocenters. The highest BCUT2D eigenvalue weighted by atomic mass is 16.2. The molecule has 4 heteroatoms. The second-order valence-corrected chi connectivity index (χ2v) is 4.28. The van der Waals surface area contributed by atoms with Crippen LogP contribution in [0.2, 0.25) is 0 Å². The summed E-state index contributed by atoms with van der Waals surface area (Å²) in [5, 5.41) is 3.12. The van der Waals surface area contributed by atoms with Gasteiger partial charge in [-0.1, -0.05) is 18.1 Å². The van der Waals surface area contributed by atoms with E-state index in [2.05, 4.69) is 11.2 Å². The van der Waals surface area contributed by atoms with Gasteiger partial charge in [-0.2, -0.15) is 0 Å². The van der Waals surface area contributed by atoms with Crippen molar-refractivity contribution in [3.63, 3.8) is 0 Å². The molecule has 0 atom stereocenters. The van der Waals surface area contributed by atoms with Gasteiger partial charge in [0.15, 0.2) is 5.78 Å². The van der Waals surface area contributed by atoms with Crippen LogP contribution in [0.25, 0.3) is 0 Å². The molecule has 0 saturated heterocycles. The van der Waals surface area contributed by atoms with E-state index in [4.69, 9.17) is 6.42 Å². The number of terminal acetylenes is 1. The Balaban J connectivity index is 2.47. The standard InChI is InChI=1S/C15H14N2O2/c1-3-8-17-14-7-5-4-6-13(14)16-12(9-11(2)18)10-15(17)19/h1,4-7,9,16H,8,10H2,2H3/b12-9-. The fourth-order valence-corrected chi connectivity index (χ4v) is 2.02. The number of hydrogen-bond acceptors (Lipinski definition) is 3. The maximum atomic E-state index is 12.2. The van der Waals surface area contributed by atoms with Gasteiger partial charge in [0.1, 0.15) is 0 Å². The van der Waals surface area contributed by atoms with E-state index < -0.39 is 0 Å². The molecule has 0 aliphatic carbocycles. The van der Waals surface area contributed by atoms with Gasteiger partial charge in [-0.25, -0.2) is 0 Å². The second kappa shape index (κ2) is 5.40. The summed E-state index contributed by atoms with van der Waals surface area (Å²) in [5.41, 5.74) is 2.10. The maximum absolute atomic E-state index is 12.2. The van der Waals surface area contributed by atoms with Gasteiger partial charge in [-0.05, 0) is 19.1 Å². The van der Waals surface area contributed by atoms with Crippen LogP contribution >= 0.6 is 0 Å². The number of allylic oxidation sites excluding steroid dienone is 1. The lowest BCUT2D eigenvalue weighted by molar-refractivity contribution is -0.117. The van der Waals surface area contributed by atoms with Crippen molar-refractivity contribution in [1.29, 1.82) is 0 Å². The number of nitrogens with one attached hydrogen (secondary N) is 1. The average molecular weight is 254 g/mol. The third-order valence-electron chi connectivity index (χ3n) is 2.76. The molecule has 0 radical (unpaired) electrons. The number of nitrogens with zero attached hydrogens (tertiary/aromatic N) is 1. The minimum Gasteiger partial charge on any atom is -0.357 e. The fraction of sp³-hybridized carbons (Fsp3) is 0.200. The van der Waals surface area contributed by atoms with E-state index in [1.54, 1.807) is 4.90 Å². The Bertz CT molecular complexity index is 596.